The lowest BCUT2D eigenvalue weighted by Crippen LogP contribution is -1.90. The van der Waals surface area contributed by atoms with Crippen LogP contribution in [0.15, 0.2) is 23.4 Å². The van der Waals surface area contributed by atoms with E-state index in [0.717, 1.165) is 21.9 Å². The van der Waals surface area contributed by atoms with Gasteiger partial charge in [0.2, 0.25) is 0 Å². The molecule has 1 aromatic carbocycles. The van der Waals surface area contributed by atoms with E-state index in [1.807, 2.05) is 17.7 Å². The molecule has 74 valence electrons. The van der Waals surface area contributed by atoms with E-state index in [-0.39, 0.29) is 5.75 Å². The number of aryl methyl sites for hydroxylation is 1. The van der Waals surface area contributed by atoms with Gasteiger partial charge < -0.3 is 9.67 Å². The summed E-state index contributed by atoms with van der Waals surface area (Å²) in [6, 6.07) is 5.24. The Labute approximate surface area is 86.8 Å². The first-order valence-electron chi connectivity index (χ1n) is 4.50. The molecule has 1 heterocycles. The summed E-state index contributed by atoms with van der Waals surface area (Å²) in [6.45, 7) is 2.10. The molecule has 0 aliphatic heterocycles. The van der Waals surface area contributed by atoms with Gasteiger partial charge in [0.15, 0.2) is 5.16 Å². The summed E-state index contributed by atoms with van der Waals surface area (Å²) in [7, 11) is 1.97. The molecule has 0 unspecified atom stereocenters. The van der Waals surface area contributed by atoms with Crippen LogP contribution in [0.3, 0.4) is 0 Å². The molecule has 0 bridgehead atoms. The molecule has 1 aromatic heterocycles. The van der Waals surface area contributed by atoms with Gasteiger partial charge in [-0.05, 0) is 17.9 Å². The first-order valence-corrected chi connectivity index (χ1v) is 5.49. The zero-order valence-electron chi connectivity index (χ0n) is 8.19. The summed E-state index contributed by atoms with van der Waals surface area (Å²) >= 11 is 1.70. The highest BCUT2D eigenvalue weighted by Gasteiger charge is 2.07. The predicted octanol–water partition coefficient (Wildman–Crippen LogP) is 2.39. The molecule has 2 rings (SSSR count). The SMILES string of the molecule is CCSc1nc2ccc(O)cc2n1C. The van der Waals surface area contributed by atoms with Crippen molar-refractivity contribution in [3.63, 3.8) is 0 Å². The Morgan fingerprint density at radius 1 is 1.50 bits per heavy atom. The zero-order chi connectivity index (χ0) is 10.1. The first-order chi connectivity index (χ1) is 6.72. The second-order valence-electron chi connectivity index (χ2n) is 3.06. The van der Waals surface area contributed by atoms with E-state index >= 15 is 0 Å². The lowest BCUT2D eigenvalue weighted by atomic mass is 10.3. The van der Waals surface area contributed by atoms with Crippen LogP contribution in [0.4, 0.5) is 0 Å². The zero-order valence-corrected chi connectivity index (χ0v) is 9.01. The van der Waals surface area contributed by atoms with Crippen LogP contribution >= 0.6 is 11.8 Å². The van der Waals surface area contributed by atoms with Gasteiger partial charge >= 0.3 is 0 Å². The first kappa shape index (κ1) is 9.40. The van der Waals surface area contributed by atoms with Crippen LogP contribution in [0.2, 0.25) is 0 Å². The number of aromatic hydroxyl groups is 1. The maximum Gasteiger partial charge on any atom is 0.168 e. The van der Waals surface area contributed by atoms with Gasteiger partial charge in [-0.2, -0.15) is 0 Å². The summed E-state index contributed by atoms with van der Waals surface area (Å²) < 4.78 is 2.00. The summed E-state index contributed by atoms with van der Waals surface area (Å²) in [5.41, 5.74) is 1.90. The number of phenolic OH excluding ortho intramolecular Hbond substituents is 1. The van der Waals surface area contributed by atoms with E-state index in [4.69, 9.17) is 0 Å². The Bertz CT molecular complexity index is 464. The van der Waals surface area contributed by atoms with Crippen LogP contribution in [0, 0.1) is 0 Å². The summed E-state index contributed by atoms with van der Waals surface area (Å²) in [4.78, 5) is 4.46. The minimum Gasteiger partial charge on any atom is -0.508 e. The fourth-order valence-electron chi connectivity index (χ4n) is 1.41. The van der Waals surface area contributed by atoms with Crippen molar-refractivity contribution in [2.75, 3.05) is 5.75 Å². The van der Waals surface area contributed by atoms with E-state index < -0.39 is 0 Å². The second kappa shape index (κ2) is 3.53. The topological polar surface area (TPSA) is 38.1 Å². The van der Waals surface area contributed by atoms with Gasteiger partial charge in [-0.3, -0.25) is 0 Å². The second-order valence-corrected chi connectivity index (χ2v) is 4.29. The van der Waals surface area contributed by atoms with Crippen LogP contribution in [-0.2, 0) is 7.05 Å². The molecule has 0 fully saturated rings. The number of imidazole rings is 1. The highest BCUT2D eigenvalue weighted by Crippen LogP contribution is 2.24. The number of hydrogen-bond donors (Lipinski definition) is 1. The van der Waals surface area contributed by atoms with Crippen molar-refractivity contribution in [2.45, 2.75) is 12.1 Å². The van der Waals surface area contributed by atoms with Gasteiger partial charge in [0, 0.05) is 13.1 Å². The Kier molecular flexibility index (Phi) is 2.37. The van der Waals surface area contributed by atoms with Gasteiger partial charge in [0.25, 0.3) is 0 Å². The molecule has 2 aromatic rings. The number of phenols is 1. The third kappa shape index (κ3) is 1.46. The Morgan fingerprint density at radius 2 is 2.29 bits per heavy atom. The van der Waals surface area contributed by atoms with Crippen molar-refractivity contribution in [1.82, 2.24) is 9.55 Å². The van der Waals surface area contributed by atoms with Gasteiger partial charge in [-0.1, -0.05) is 18.7 Å². The smallest absolute Gasteiger partial charge is 0.168 e. The summed E-state index contributed by atoms with van der Waals surface area (Å²) in [5, 5.41) is 10.3. The molecular weight excluding hydrogens is 196 g/mol. The maximum absolute atomic E-state index is 9.35. The average Bonchev–Trinajstić information content (AvgIpc) is 2.46. The fourth-order valence-corrected chi connectivity index (χ4v) is 2.13. The van der Waals surface area contributed by atoms with Crippen molar-refractivity contribution >= 4 is 22.8 Å². The third-order valence-corrected chi connectivity index (χ3v) is 3.01. The van der Waals surface area contributed by atoms with Crippen molar-refractivity contribution in [3.8, 4) is 5.75 Å². The largest absolute Gasteiger partial charge is 0.508 e. The van der Waals surface area contributed by atoms with Crippen molar-refractivity contribution in [3.05, 3.63) is 18.2 Å². The van der Waals surface area contributed by atoms with Crippen LogP contribution in [0.25, 0.3) is 11.0 Å². The van der Waals surface area contributed by atoms with Crippen LogP contribution < -0.4 is 0 Å². The van der Waals surface area contributed by atoms with E-state index in [1.54, 1.807) is 23.9 Å². The Balaban J connectivity index is 2.62. The van der Waals surface area contributed by atoms with Gasteiger partial charge in [-0.25, -0.2) is 4.98 Å². The van der Waals surface area contributed by atoms with E-state index in [1.165, 1.54) is 0 Å². The molecule has 0 saturated heterocycles. The fraction of sp³-hybridized carbons (Fsp3) is 0.300. The molecule has 4 heteroatoms. The molecule has 14 heavy (non-hydrogen) atoms. The molecule has 1 N–H and O–H groups in total. The highest BCUT2D eigenvalue weighted by molar-refractivity contribution is 7.99. The molecule has 0 atom stereocenters. The summed E-state index contributed by atoms with van der Waals surface area (Å²) in [6.07, 6.45) is 0. The Morgan fingerprint density at radius 3 is 3.00 bits per heavy atom. The van der Waals surface area contributed by atoms with Crippen LogP contribution in [0.1, 0.15) is 6.92 Å². The molecule has 0 aliphatic carbocycles. The molecular formula is C10H12N2OS. The van der Waals surface area contributed by atoms with Crippen molar-refractivity contribution in [1.29, 1.82) is 0 Å². The number of hydrogen-bond acceptors (Lipinski definition) is 3. The normalized spacial score (nSPS) is 11.0. The van der Waals surface area contributed by atoms with E-state index in [2.05, 4.69) is 11.9 Å². The summed E-state index contributed by atoms with van der Waals surface area (Å²) in [5.74, 6) is 1.29. The molecule has 0 aliphatic rings. The van der Waals surface area contributed by atoms with E-state index in [9.17, 15) is 5.11 Å². The van der Waals surface area contributed by atoms with Gasteiger partial charge in [0.1, 0.15) is 5.75 Å². The van der Waals surface area contributed by atoms with Crippen molar-refractivity contribution < 1.29 is 5.11 Å². The molecule has 0 saturated carbocycles. The minimum absolute atomic E-state index is 0.286. The number of thioether (sulfide) groups is 1. The lowest BCUT2D eigenvalue weighted by molar-refractivity contribution is 0.476. The lowest BCUT2D eigenvalue weighted by Gasteiger charge is -1.99. The molecule has 0 amide bonds. The number of rotatable bonds is 2. The van der Waals surface area contributed by atoms with E-state index in [0.29, 0.717) is 0 Å². The molecule has 0 radical (unpaired) electrons. The maximum atomic E-state index is 9.35. The number of fused-ring (bicyclic) bond motifs is 1. The third-order valence-electron chi connectivity index (χ3n) is 2.10. The Hall–Kier alpha value is -1.16. The molecule has 0 spiro atoms. The quantitative estimate of drug-likeness (QED) is 0.770. The number of benzene rings is 1. The number of aromatic nitrogens is 2. The number of nitrogens with zero attached hydrogens (tertiary/aromatic N) is 2. The van der Waals surface area contributed by atoms with Gasteiger partial charge in [0.05, 0.1) is 11.0 Å². The predicted molar refractivity (Wildman–Crippen MR) is 58.8 cm³/mol. The van der Waals surface area contributed by atoms with Gasteiger partial charge in [-0.15, -0.1) is 0 Å². The van der Waals surface area contributed by atoms with Crippen molar-refractivity contribution in [2.24, 2.45) is 7.05 Å². The minimum atomic E-state index is 0.286. The average molecular weight is 208 g/mol. The highest BCUT2D eigenvalue weighted by atomic mass is 32.2. The standard InChI is InChI=1S/C10H12N2OS/c1-3-14-10-11-8-5-4-7(13)6-9(8)12(10)2/h4-6,13H,3H2,1-2H3. The van der Waals surface area contributed by atoms with Crippen LogP contribution in [0.5, 0.6) is 5.75 Å². The van der Waals surface area contributed by atoms with Crippen LogP contribution in [-0.4, -0.2) is 20.4 Å². The monoisotopic (exact) mass is 208 g/mol. The molecule has 3 nitrogen and oxygen atoms in total.